The van der Waals surface area contributed by atoms with Crippen molar-refractivity contribution in [1.29, 1.82) is 0 Å². The van der Waals surface area contributed by atoms with Gasteiger partial charge in [-0.3, -0.25) is 20.4 Å². The first kappa shape index (κ1) is 13.1. The van der Waals surface area contributed by atoms with Gasteiger partial charge in [0, 0.05) is 23.9 Å². The molecular formula is C12H18N6O. The number of carbonyl (C=O) groups is 1. The molecule has 0 aromatic carbocycles. The van der Waals surface area contributed by atoms with E-state index >= 15 is 0 Å². The van der Waals surface area contributed by atoms with Crippen LogP contribution in [0.25, 0.3) is 0 Å². The molecule has 2 rings (SSSR count). The zero-order valence-corrected chi connectivity index (χ0v) is 11.3. The summed E-state index contributed by atoms with van der Waals surface area (Å²) in [5.74, 6) is 1.07. The Morgan fingerprint density at radius 3 is 2.95 bits per heavy atom. The highest BCUT2D eigenvalue weighted by Gasteiger charge is 2.11. The molecule has 7 nitrogen and oxygen atoms in total. The molecule has 0 spiro atoms. The summed E-state index contributed by atoms with van der Waals surface area (Å²) in [4.78, 5) is 11.7. The zero-order valence-electron chi connectivity index (χ0n) is 11.3. The minimum Gasteiger partial charge on any atom is -0.292 e. The third kappa shape index (κ3) is 3.12. The van der Waals surface area contributed by atoms with Crippen LogP contribution in [0.1, 0.15) is 32.0 Å². The van der Waals surface area contributed by atoms with Gasteiger partial charge in [-0.15, -0.1) is 0 Å². The van der Waals surface area contributed by atoms with Gasteiger partial charge in [0.15, 0.2) is 5.82 Å². The second-order valence-corrected chi connectivity index (χ2v) is 4.42. The fraction of sp³-hybridized carbons (Fsp3) is 0.417. The quantitative estimate of drug-likeness (QED) is 0.791. The van der Waals surface area contributed by atoms with Gasteiger partial charge < -0.3 is 0 Å². The van der Waals surface area contributed by atoms with E-state index in [0.29, 0.717) is 17.7 Å². The summed E-state index contributed by atoms with van der Waals surface area (Å²) in [7, 11) is 0. The summed E-state index contributed by atoms with van der Waals surface area (Å²) >= 11 is 0. The molecule has 7 heteroatoms. The molecule has 2 heterocycles. The second-order valence-electron chi connectivity index (χ2n) is 4.42. The van der Waals surface area contributed by atoms with E-state index in [1.807, 2.05) is 17.7 Å². The van der Waals surface area contributed by atoms with Crippen LogP contribution in [0.15, 0.2) is 18.3 Å². The summed E-state index contributed by atoms with van der Waals surface area (Å²) in [6, 6.07) is 3.48. The molecule has 0 aliphatic carbocycles. The highest BCUT2D eigenvalue weighted by Crippen LogP contribution is 2.16. The molecule has 0 aliphatic heterocycles. The second kappa shape index (κ2) is 5.55. The Bertz CT molecular complexity index is 545. The first-order valence-corrected chi connectivity index (χ1v) is 6.23. The van der Waals surface area contributed by atoms with Gasteiger partial charge in [-0.25, -0.2) is 4.79 Å². The predicted octanol–water partition coefficient (Wildman–Crippen LogP) is 2.53. The number of hydrogen-bond donors (Lipinski definition) is 3. The van der Waals surface area contributed by atoms with Crippen LogP contribution in [-0.2, 0) is 0 Å². The molecule has 2 aromatic rings. The minimum atomic E-state index is -0.349. The maximum Gasteiger partial charge on any atom is 0.326 e. The lowest BCUT2D eigenvalue weighted by Gasteiger charge is -2.10. The van der Waals surface area contributed by atoms with Crippen molar-refractivity contribution in [1.82, 2.24) is 20.0 Å². The number of rotatable bonds is 4. The van der Waals surface area contributed by atoms with Crippen molar-refractivity contribution in [3.8, 4) is 0 Å². The number of carbonyl (C=O) groups excluding carboxylic acids is 1. The largest absolute Gasteiger partial charge is 0.326 e. The van der Waals surface area contributed by atoms with E-state index in [1.54, 1.807) is 12.3 Å². The highest BCUT2D eigenvalue weighted by molar-refractivity contribution is 5.98. The number of H-pyrrole nitrogens is 1. The summed E-state index contributed by atoms with van der Waals surface area (Å²) in [5.41, 5.74) is 1.02. The van der Waals surface area contributed by atoms with E-state index in [-0.39, 0.29) is 6.03 Å². The van der Waals surface area contributed by atoms with Gasteiger partial charge in [0.2, 0.25) is 0 Å². The van der Waals surface area contributed by atoms with Crippen LogP contribution in [0, 0.1) is 6.92 Å². The Morgan fingerprint density at radius 2 is 2.32 bits per heavy atom. The van der Waals surface area contributed by atoms with E-state index < -0.39 is 0 Å². The zero-order chi connectivity index (χ0) is 13.8. The average Bonchev–Trinajstić information content (AvgIpc) is 2.98. The topological polar surface area (TPSA) is 87.6 Å². The van der Waals surface area contributed by atoms with Crippen LogP contribution in [0.2, 0.25) is 0 Å². The highest BCUT2D eigenvalue weighted by atomic mass is 16.2. The molecule has 0 fully saturated rings. The molecule has 2 aromatic heterocycles. The Morgan fingerprint density at radius 1 is 1.53 bits per heavy atom. The van der Waals surface area contributed by atoms with Crippen LogP contribution in [-0.4, -0.2) is 26.0 Å². The van der Waals surface area contributed by atoms with E-state index in [4.69, 9.17) is 0 Å². The summed E-state index contributed by atoms with van der Waals surface area (Å²) in [6.07, 6.45) is 2.56. The molecule has 0 bridgehead atoms. The lowest BCUT2D eigenvalue weighted by molar-refractivity contribution is 0.262. The summed E-state index contributed by atoms with van der Waals surface area (Å²) < 4.78 is 1.91. The summed E-state index contributed by atoms with van der Waals surface area (Å²) in [5, 5.41) is 16.1. The molecule has 0 aliphatic rings. The first-order valence-electron chi connectivity index (χ1n) is 6.23. The third-order valence-electron chi connectivity index (χ3n) is 2.92. The Balaban J connectivity index is 2.01. The van der Waals surface area contributed by atoms with E-state index in [9.17, 15) is 4.79 Å². The molecule has 19 heavy (non-hydrogen) atoms. The predicted molar refractivity (Wildman–Crippen MR) is 73.2 cm³/mol. The van der Waals surface area contributed by atoms with Crippen molar-refractivity contribution >= 4 is 17.7 Å². The SMILES string of the molecule is CC[C@H](C)n1nc(NC(=O)Nc2ccn[nH]2)cc1C. The van der Waals surface area contributed by atoms with Gasteiger partial charge in [0.25, 0.3) is 0 Å². The van der Waals surface area contributed by atoms with Crippen molar-refractivity contribution in [3.63, 3.8) is 0 Å². The molecule has 0 unspecified atom stereocenters. The standard InChI is InChI=1S/C12H18N6O/c1-4-8(2)18-9(3)7-11(17-18)15-12(19)14-10-5-6-13-16-10/h5-8H,4H2,1-3H3,(H3,13,14,15,16,17,19)/t8-/m0/s1. The van der Waals surface area contributed by atoms with Gasteiger partial charge in [-0.05, 0) is 20.3 Å². The van der Waals surface area contributed by atoms with Crippen molar-refractivity contribution in [2.45, 2.75) is 33.2 Å². The molecule has 0 saturated heterocycles. The lowest BCUT2D eigenvalue weighted by atomic mass is 10.2. The Labute approximate surface area is 111 Å². The molecule has 1 atom stereocenters. The molecule has 0 saturated carbocycles. The number of aryl methyl sites for hydroxylation is 1. The number of aromatic nitrogens is 4. The van der Waals surface area contributed by atoms with Crippen molar-refractivity contribution in [2.75, 3.05) is 10.6 Å². The maximum absolute atomic E-state index is 11.7. The third-order valence-corrected chi connectivity index (χ3v) is 2.92. The van der Waals surface area contributed by atoms with Gasteiger partial charge in [0.05, 0.1) is 6.20 Å². The number of nitrogens with zero attached hydrogens (tertiary/aromatic N) is 3. The number of hydrogen-bond acceptors (Lipinski definition) is 3. The van der Waals surface area contributed by atoms with Gasteiger partial charge >= 0.3 is 6.03 Å². The fourth-order valence-corrected chi connectivity index (χ4v) is 1.76. The lowest BCUT2D eigenvalue weighted by Crippen LogP contribution is -2.20. The smallest absolute Gasteiger partial charge is 0.292 e. The molecule has 102 valence electrons. The first-order chi connectivity index (χ1) is 9.10. The molecular weight excluding hydrogens is 244 g/mol. The number of urea groups is 1. The average molecular weight is 262 g/mol. The van der Waals surface area contributed by atoms with E-state index in [2.05, 4.69) is 39.8 Å². The van der Waals surface area contributed by atoms with Crippen molar-refractivity contribution in [2.24, 2.45) is 0 Å². The maximum atomic E-state index is 11.7. The number of amides is 2. The Kier molecular flexibility index (Phi) is 3.84. The van der Waals surface area contributed by atoms with Gasteiger partial charge in [-0.1, -0.05) is 6.92 Å². The number of aromatic amines is 1. The molecule has 0 radical (unpaired) electrons. The number of nitrogens with one attached hydrogen (secondary N) is 3. The van der Waals surface area contributed by atoms with Crippen LogP contribution in [0.3, 0.4) is 0 Å². The van der Waals surface area contributed by atoms with Gasteiger partial charge in [0.1, 0.15) is 5.82 Å². The van der Waals surface area contributed by atoms with E-state index in [1.165, 1.54) is 0 Å². The molecule has 2 amide bonds. The van der Waals surface area contributed by atoms with Crippen molar-refractivity contribution in [3.05, 3.63) is 24.0 Å². The molecule has 3 N–H and O–H groups in total. The van der Waals surface area contributed by atoms with E-state index in [0.717, 1.165) is 12.1 Å². The van der Waals surface area contributed by atoms with Crippen LogP contribution in [0.4, 0.5) is 16.4 Å². The monoisotopic (exact) mass is 262 g/mol. The number of anilines is 2. The van der Waals surface area contributed by atoms with Crippen LogP contribution < -0.4 is 10.6 Å². The van der Waals surface area contributed by atoms with Crippen molar-refractivity contribution < 1.29 is 4.79 Å². The Hall–Kier alpha value is -2.31. The van der Waals surface area contributed by atoms with Gasteiger partial charge in [-0.2, -0.15) is 10.2 Å². The summed E-state index contributed by atoms with van der Waals surface area (Å²) in [6.45, 7) is 6.16. The normalized spacial score (nSPS) is 12.2. The van der Waals surface area contributed by atoms with Crippen LogP contribution >= 0.6 is 0 Å². The van der Waals surface area contributed by atoms with Crippen LogP contribution in [0.5, 0.6) is 0 Å². The fourth-order valence-electron chi connectivity index (χ4n) is 1.76. The minimum absolute atomic E-state index is 0.311.